The van der Waals surface area contributed by atoms with Crippen LogP contribution in [0.5, 0.6) is 0 Å². The van der Waals surface area contributed by atoms with Gasteiger partial charge in [-0.1, -0.05) is 28.1 Å². The Labute approximate surface area is 90.0 Å². The molecule has 14 heavy (non-hydrogen) atoms. The van der Waals surface area contributed by atoms with E-state index in [0.717, 1.165) is 10.0 Å². The molecule has 2 rings (SSSR count). The van der Waals surface area contributed by atoms with Crippen molar-refractivity contribution in [3.8, 4) is 0 Å². The van der Waals surface area contributed by atoms with E-state index in [4.69, 9.17) is 0 Å². The molecule has 1 saturated heterocycles. The normalized spacial score (nSPS) is 14.8. The molecule has 74 valence electrons. The molecule has 0 unspecified atom stereocenters. The summed E-state index contributed by atoms with van der Waals surface area (Å²) in [7, 11) is 0. The van der Waals surface area contributed by atoms with Crippen LogP contribution in [0.15, 0.2) is 33.7 Å². The molecule has 4 N–H and O–H groups in total. The summed E-state index contributed by atoms with van der Waals surface area (Å²) in [6.45, 7) is 0.645. The fourth-order valence-corrected chi connectivity index (χ4v) is 1.32. The van der Waals surface area contributed by atoms with E-state index >= 15 is 0 Å². The summed E-state index contributed by atoms with van der Waals surface area (Å²) in [6.07, 6.45) is 0. The smallest absolute Gasteiger partial charge is 0.223 e. The van der Waals surface area contributed by atoms with Gasteiger partial charge in [0.2, 0.25) is 5.96 Å². The van der Waals surface area contributed by atoms with Gasteiger partial charge >= 0.3 is 0 Å². The van der Waals surface area contributed by atoms with Gasteiger partial charge in [0, 0.05) is 4.47 Å². The monoisotopic (exact) mass is 255 g/mol. The Morgan fingerprint density at radius 1 is 1.07 bits per heavy atom. The van der Waals surface area contributed by atoms with Gasteiger partial charge in [0.25, 0.3) is 0 Å². The van der Waals surface area contributed by atoms with Crippen molar-refractivity contribution in [1.29, 1.82) is 0 Å². The average molecular weight is 256 g/mol. The maximum Gasteiger partial charge on any atom is 0.223 e. The van der Waals surface area contributed by atoms with Crippen molar-refractivity contribution in [3.63, 3.8) is 0 Å². The van der Waals surface area contributed by atoms with Crippen LogP contribution in [0.2, 0.25) is 0 Å². The molecule has 0 saturated carbocycles. The molecule has 1 fully saturated rings. The van der Waals surface area contributed by atoms with Crippen LogP contribution in [0.25, 0.3) is 0 Å². The third-order valence-corrected chi connectivity index (χ3v) is 2.29. The maximum absolute atomic E-state index is 4.28. The van der Waals surface area contributed by atoms with Gasteiger partial charge in [-0.25, -0.2) is 4.99 Å². The fraction of sp³-hybridized carbons (Fsp3) is 0.125. The largest absolute Gasteiger partial charge is 0.276 e. The van der Waals surface area contributed by atoms with Gasteiger partial charge in [0.15, 0.2) is 0 Å². The molecule has 1 aliphatic heterocycles. The van der Waals surface area contributed by atoms with E-state index in [1.165, 1.54) is 0 Å². The first-order valence-corrected chi connectivity index (χ1v) is 4.95. The highest BCUT2D eigenvalue weighted by Crippen LogP contribution is 2.10. The molecule has 1 heterocycles. The van der Waals surface area contributed by atoms with Crippen molar-refractivity contribution in [1.82, 2.24) is 21.9 Å². The zero-order valence-electron chi connectivity index (χ0n) is 7.34. The summed E-state index contributed by atoms with van der Waals surface area (Å²) >= 11 is 3.38. The number of nitrogens with one attached hydrogen (secondary N) is 4. The first-order valence-electron chi connectivity index (χ1n) is 4.15. The second kappa shape index (κ2) is 4.41. The lowest BCUT2D eigenvalue weighted by Crippen LogP contribution is -2.33. The van der Waals surface area contributed by atoms with Crippen molar-refractivity contribution in [2.45, 2.75) is 6.54 Å². The summed E-state index contributed by atoms with van der Waals surface area (Å²) in [6, 6.07) is 8.07. The Bertz CT molecular complexity index is 326. The van der Waals surface area contributed by atoms with Crippen LogP contribution in [0, 0.1) is 0 Å². The minimum atomic E-state index is 0.645. The van der Waals surface area contributed by atoms with Crippen LogP contribution in [0.1, 0.15) is 5.56 Å². The molecule has 0 radical (unpaired) electrons. The van der Waals surface area contributed by atoms with Crippen molar-refractivity contribution in [3.05, 3.63) is 34.3 Å². The Balaban J connectivity index is 1.97. The number of nitrogens with zero attached hydrogens (tertiary/aromatic N) is 1. The van der Waals surface area contributed by atoms with Crippen LogP contribution in [-0.4, -0.2) is 5.96 Å². The Morgan fingerprint density at radius 3 is 2.36 bits per heavy atom. The van der Waals surface area contributed by atoms with Crippen molar-refractivity contribution < 1.29 is 0 Å². The summed E-state index contributed by atoms with van der Waals surface area (Å²) in [5, 5.41) is 0. The average Bonchev–Trinajstić information content (AvgIpc) is 2.70. The van der Waals surface area contributed by atoms with Crippen molar-refractivity contribution in [2.24, 2.45) is 4.99 Å². The Kier molecular flexibility index (Phi) is 2.97. The van der Waals surface area contributed by atoms with Gasteiger partial charge in [-0.3, -0.25) is 10.9 Å². The minimum Gasteiger partial charge on any atom is -0.276 e. The van der Waals surface area contributed by atoms with Crippen LogP contribution >= 0.6 is 15.9 Å². The van der Waals surface area contributed by atoms with Crippen LogP contribution < -0.4 is 21.9 Å². The maximum atomic E-state index is 4.28. The van der Waals surface area contributed by atoms with E-state index in [9.17, 15) is 0 Å². The summed E-state index contributed by atoms with van der Waals surface area (Å²) < 4.78 is 1.08. The highest BCUT2D eigenvalue weighted by molar-refractivity contribution is 9.10. The lowest BCUT2D eigenvalue weighted by molar-refractivity contribution is 0.556. The predicted molar refractivity (Wildman–Crippen MR) is 57.8 cm³/mol. The zero-order valence-corrected chi connectivity index (χ0v) is 8.93. The van der Waals surface area contributed by atoms with Crippen LogP contribution in [-0.2, 0) is 6.54 Å². The standard InChI is InChI=1S/C8H10BrN5/c9-7-3-1-6(2-4-7)5-10-8-11-13-14-12-8/h1-4,13-14H,5H2,(H2,10,11,12). The van der Waals surface area contributed by atoms with Gasteiger partial charge < -0.3 is 0 Å². The highest BCUT2D eigenvalue weighted by Gasteiger charge is 2.02. The molecule has 0 spiro atoms. The third-order valence-electron chi connectivity index (χ3n) is 1.76. The SMILES string of the molecule is Brc1ccc(CN=C2NNNN2)cc1. The van der Waals surface area contributed by atoms with Gasteiger partial charge in [-0.15, -0.1) is 0 Å². The van der Waals surface area contributed by atoms with Gasteiger partial charge in [0.1, 0.15) is 0 Å². The fourth-order valence-electron chi connectivity index (χ4n) is 1.05. The highest BCUT2D eigenvalue weighted by atomic mass is 79.9. The number of hydrogen-bond donors (Lipinski definition) is 4. The summed E-state index contributed by atoms with van der Waals surface area (Å²) in [5.41, 5.74) is 12.1. The Morgan fingerprint density at radius 2 is 1.71 bits per heavy atom. The quantitative estimate of drug-likeness (QED) is 0.619. The van der Waals surface area contributed by atoms with E-state index in [-0.39, 0.29) is 0 Å². The number of guanidine groups is 1. The first-order chi connectivity index (χ1) is 6.84. The third kappa shape index (κ3) is 2.44. The molecule has 1 aromatic rings. The molecule has 0 amide bonds. The van der Waals surface area contributed by atoms with Gasteiger partial charge in [-0.2, -0.15) is 11.1 Å². The van der Waals surface area contributed by atoms with Gasteiger partial charge in [0.05, 0.1) is 6.54 Å². The molecule has 5 nitrogen and oxygen atoms in total. The number of benzene rings is 1. The number of aliphatic imine (C=N–C) groups is 1. The summed E-state index contributed by atoms with van der Waals surface area (Å²) in [5.74, 6) is 0.688. The molecule has 0 aromatic heterocycles. The molecule has 0 atom stereocenters. The van der Waals surface area contributed by atoms with Crippen LogP contribution in [0.4, 0.5) is 0 Å². The molecule has 0 aliphatic carbocycles. The number of rotatable bonds is 2. The second-order valence-electron chi connectivity index (χ2n) is 2.79. The van der Waals surface area contributed by atoms with E-state index in [2.05, 4.69) is 42.8 Å². The number of hydrogen-bond acceptors (Lipinski definition) is 3. The lowest BCUT2D eigenvalue weighted by Gasteiger charge is -1.98. The number of hydrazine groups is 3. The Hall–Kier alpha value is -1.11. The van der Waals surface area contributed by atoms with E-state index in [0.29, 0.717) is 12.5 Å². The molecular formula is C8H10BrN5. The number of halogens is 1. The van der Waals surface area contributed by atoms with Crippen molar-refractivity contribution >= 4 is 21.9 Å². The molecule has 1 aliphatic rings. The predicted octanol–water partition coefficient (Wildman–Crippen LogP) is 0.422. The zero-order chi connectivity index (χ0) is 9.80. The second-order valence-corrected chi connectivity index (χ2v) is 3.71. The van der Waals surface area contributed by atoms with Crippen molar-refractivity contribution in [2.75, 3.05) is 0 Å². The van der Waals surface area contributed by atoms with Crippen LogP contribution in [0.3, 0.4) is 0 Å². The first kappa shape index (κ1) is 9.45. The van der Waals surface area contributed by atoms with Gasteiger partial charge in [-0.05, 0) is 17.7 Å². The lowest BCUT2D eigenvalue weighted by atomic mass is 10.2. The minimum absolute atomic E-state index is 0.645. The summed E-state index contributed by atoms with van der Waals surface area (Å²) in [4.78, 5) is 4.28. The molecule has 1 aromatic carbocycles. The molecule has 0 bridgehead atoms. The van der Waals surface area contributed by atoms with E-state index in [1.54, 1.807) is 0 Å². The van der Waals surface area contributed by atoms with E-state index in [1.807, 2.05) is 24.3 Å². The van der Waals surface area contributed by atoms with E-state index < -0.39 is 0 Å². The molecular weight excluding hydrogens is 246 g/mol. The topological polar surface area (TPSA) is 60.5 Å². The molecule has 6 heteroatoms.